The standard InChI is InChI=1S/C6H7O5PS/c7-12(8,11-13(9)10)6-4-2-1-3-5-6/h1-5H,(H,7,8)(H,9,10). The highest BCUT2D eigenvalue weighted by Gasteiger charge is 2.25. The third-order valence-corrected chi connectivity index (χ3v) is 3.52. The van der Waals surface area contributed by atoms with E-state index in [1.807, 2.05) is 0 Å². The molecular weight excluding hydrogens is 215 g/mol. The Kier molecular flexibility index (Phi) is 3.35. The largest absolute Gasteiger partial charge is 0.373 e. The first kappa shape index (κ1) is 10.6. The van der Waals surface area contributed by atoms with Gasteiger partial charge in [0.05, 0.1) is 5.30 Å². The summed E-state index contributed by atoms with van der Waals surface area (Å²) in [7, 11) is -4.15. The second-order valence-corrected chi connectivity index (χ2v) is 4.74. The quantitative estimate of drug-likeness (QED) is 0.579. The molecule has 5 nitrogen and oxygen atoms in total. The van der Waals surface area contributed by atoms with Crippen molar-refractivity contribution >= 4 is 24.3 Å². The third kappa shape index (κ3) is 3.02. The van der Waals surface area contributed by atoms with Crippen LogP contribution in [0.1, 0.15) is 0 Å². The van der Waals surface area contributed by atoms with E-state index in [0.29, 0.717) is 0 Å². The molecular formula is C6H7O5PS. The van der Waals surface area contributed by atoms with Gasteiger partial charge >= 0.3 is 19.0 Å². The maximum Gasteiger partial charge on any atom is 0.373 e. The molecule has 2 atom stereocenters. The fourth-order valence-corrected chi connectivity index (χ4v) is 2.33. The van der Waals surface area contributed by atoms with E-state index in [9.17, 15) is 8.77 Å². The van der Waals surface area contributed by atoms with Gasteiger partial charge < -0.3 is 4.89 Å². The van der Waals surface area contributed by atoms with Crippen molar-refractivity contribution in [3.05, 3.63) is 30.3 Å². The Morgan fingerprint density at radius 2 is 1.85 bits per heavy atom. The van der Waals surface area contributed by atoms with Crippen LogP contribution in [0, 0.1) is 0 Å². The minimum Gasteiger partial charge on any atom is -0.320 e. The summed E-state index contributed by atoms with van der Waals surface area (Å²) in [6, 6.07) is 7.39. The summed E-state index contributed by atoms with van der Waals surface area (Å²) < 4.78 is 33.6. The van der Waals surface area contributed by atoms with Crippen LogP contribution < -0.4 is 5.30 Å². The Hall–Kier alpha value is -0.520. The van der Waals surface area contributed by atoms with Crippen LogP contribution in [-0.4, -0.2) is 13.7 Å². The summed E-state index contributed by atoms with van der Waals surface area (Å²) >= 11 is -2.75. The summed E-state index contributed by atoms with van der Waals surface area (Å²) in [5.74, 6) is 0. The average molecular weight is 222 g/mol. The van der Waals surface area contributed by atoms with Crippen molar-refractivity contribution in [2.24, 2.45) is 0 Å². The van der Waals surface area contributed by atoms with Crippen LogP contribution in [0.3, 0.4) is 0 Å². The zero-order chi connectivity index (χ0) is 9.90. The fraction of sp³-hybridized carbons (Fsp3) is 0. The van der Waals surface area contributed by atoms with Crippen LogP contribution in [0.4, 0.5) is 0 Å². The zero-order valence-corrected chi connectivity index (χ0v) is 8.07. The van der Waals surface area contributed by atoms with Gasteiger partial charge in [0.1, 0.15) is 0 Å². The van der Waals surface area contributed by atoms with Crippen molar-refractivity contribution in [3.8, 4) is 0 Å². The molecule has 0 bridgehead atoms. The molecule has 2 unspecified atom stereocenters. The smallest absolute Gasteiger partial charge is 0.320 e. The van der Waals surface area contributed by atoms with E-state index in [0.717, 1.165) is 0 Å². The van der Waals surface area contributed by atoms with Gasteiger partial charge in [-0.25, -0.2) is 0 Å². The molecule has 0 aromatic heterocycles. The van der Waals surface area contributed by atoms with Crippen molar-refractivity contribution in [2.75, 3.05) is 0 Å². The van der Waals surface area contributed by atoms with Crippen molar-refractivity contribution in [2.45, 2.75) is 0 Å². The lowest BCUT2D eigenvalue weighted by atomic mass is 10.4. The van der Waals surface area contributed by atoms with E-state index >= 15 is 0 Å². The van der Waals surface area contributed by atoms with Crippen LogP contribution in [0.2, 0.25) is 0 Å². The maximum atomic E-state index is 11.2. The Morgan fingerprint density at radius 1 is 1.31 bits per heavy atom. The van der Waals surface area contributed by atoms with Crippen LogP contribution in [0.15, 0.2) is 30.3 Å². The van der Waals surface area contributed by atoms with E-state index in [4.69, 9.17) is 9.45 Å². The summed E-state index contributed by atoms with van der Waals surface area (Å²) in [4.78, 5) is 9.14. The Morgan fingerprint density at radius 3 is 2.31 bits per heavy atom. The average Bonchev–Trinajstić information content (AvgIpc) is 2.04. The van der Waals surface area contributed by atoms with E-state index < -0.39 is 19.0 Å². The number of hydrogen-bond donors (Lipinski definition) is 2. The van der Waals surface area contributed by atoms with E-state index in [1.165, 1.54) is 24.3 Å². The molecule has 0 saturated carbocycles. The van der Waals surface area contributed by atoms with Crippen LogP contribution in [0.5, 0.6) is 0 Å². The Labute approximate surface area is 77.4 Å². The lowest BCUT2D eigenvalue weighted by molar-refractivity contribution is 0.380. The molecule has 0 fully saturated rings. The molecule has 0 aliphatic rings. The van der Waals surface area contributed by atoms with Gasteiger partial charge in [0.2, 0.25) is 0 Å². The van der Waals surface area contributed by atoms with Gasteiger partial charge in [-0.05, 0) is 12.1 Å². The Balaban J connectivity index is 2.95. The van der Waals surface area contributed by atoms with E-state index in [2.05, 4.69) is 3.97 Å². The lowest BCUT2D eigenvalue weighted by Gasteiger charge is -2.07. The Bertz CT molecular complexity index is 351. The number of hydrogen-bond acceptors (Lipinski definition) is 3. The van der Waals surface area contributed by atoms with Gasteiger partial charge in [-0.1, -0.05) is 18.2 Å². The molecule has 0 amide bonds. The highest BCUT2D eigenvalue weighted by Crippen LogP contribution is 2.40. The van der Waals surface area contributed by atoms with Crippen molar-refractivity contribution in [3.63, 3.8) is 0 Å². The fourth-order valence-electron chi connectivity index (χ4n) is 0.746. The first-order chi connectivity index (χ1) is 6.02. The predicted molar refractivity (Wildman–Crippen MR) is 47.8 cm³/mol. The van der Waals surface area contributed by atoms with Gasteiger partial charge in [0.25, 0.3) is 0 Å². The molecule has 0 heterocycles. The molecule has 0 spiro atoms. The van der Waals surface area contributed by atoms with E-state index in [-0.39, 0.29) is 5.30 Å². The summed E-state index contributed by atoms with van der Waals surface area (Å²) in [6.45, 7) is 0. The van der Waals surface area contributed by atoms with Gasteiger partial charge in [-0.3, -0.25) is 9.12 Å². The van der Waals surface area contributed by atoms with Crippen molar-refractivity contribution < 1.29 is 22.2 Å². The predicted octanol–water partition coefficient (Wildman–Crippen LogP) is 0.651. The molecule has 1 rings (SSSR count). The number of benzene rings is 1. The maximum absolute atomic E-state index is 11.2. The molecule has 72 valence electrons. The second kappa shape index (κ2) is 4.13. The third-order valence-electron chi connectivity index (χ3n) is 1.25. The van der Waals surface area contributed by atoms with Crippen LogP contribution in [-0.2, 0) is 19.9 Å². The highest BCUT2D eigenvalue weighted by atomic mass is 32.2. The SMILES string of the molecule is O=S(O)OP(=O)(O)c1ccccc1. The van der Waals surface area contributed by atoms with Gasteiger partial charge in [0, 0.05) is 0 Å². The minimum absolute atomic E-state index is 0.0163. The van der Waals surface area contributed by atoms with Crippen molar-refractivity contribution in [1.82, 2.24) is 0 Å². The van der Waals surface area contributed by atoms with Gasteiger partial charge in [-0.15, -0.1) is 0 Å². The molecule has 13 heavy (non-hydrogen) atoms. The summed E-state index contributed by atoms with van der Waals surface area (Å²) in [6.07, 6.45) is 0. The van der Waals surface area contributed by atoms with Crippen molar-refractivity contribution in [1.29, 1.82) is 0 Å². The van der Waals surface area contributed by atoms with Crippen LogP contribution in [0.25, 0.3) is 0 Å². The highest BCUT2D eigenvalue weighted by molar-refractivity contribution is 7.82. The monoisotopic (exact) mass is 222 g/mol. The van der Waals surface area contributed by atoms with Gasteiger partial charge in [0.15, 0.2) is 0 Å². The number of rotatable bonds is 3. The first-order valence-corrected chi connectivity index (χ1v) is 5.82. The van der Waals surface area contributed by atoms with Gasteiger partial charge in [-0.2, -0.15) is 8.18 Å². The summed E-state index contributed by atoms with van der Waals surface area (Å²) in [5, 5.41) is -0.0163. The molecule has 2 N–H and O–H groups in total. The minimum atomic E-state index is -4.15. The first-order valence-electron chi connectivity index (χ1n) is 3.22. The topological polar surface area (TPSA) is 83.8 Å². The molecule has 1 aromatic carbocycles. The molecule has 7 heteroatoms. The van der Waals surface area contributed by atoms with E-state index in [1.54, 1.807) is 6.07 Å². The lowest BCUT2D eigenvalue weighted by Crippen LogP contribution is -2.07. The second-order valence-electron chi connectivity index (χ2n) is 2.15. The normalized spacial score (nSPS) is 17.7. The molecule has 1 aromatic rings. The zero-order valence-electron chi connectivity index (χ0n) is 6.36. The molecule has 0 aliphatic carbocycles. The molecule has 0 radical (unpaired) electrons. The molecule has 0 saturated heterocycles. The summed E-state index contributed by atoms with van der Waals surface area (Å²) in [5.41, 5.74) is 0. The van der Waals surface area contributed by atoms with Crippen LogP contribution >= 0.6 is 7.60 Å². The molecule has 0 aliphatic heterocycles.